The minimum absolute atomic E-state index is 0.00995. The van der Waals surface area contributed by atoms with Gasteiger partial charge in [0.2, 0.25) is 5.91 Å². The van der Waals surface area contributed by atoms with E-state index in [9.17, 15) is 29.1 Å². The highest BCUT2D eigenvalue weighted by Crippen LogP contribution is 2.21. The maximum Gasteiger partial charge on any atom is 0.410 e. The number of likely N-dealkylation sites (tertiary alicyclic amines) is 1. The summed E-state index contributed by atoms with van der Waals surface area (Å²) in [4.78, 5) is 60.3. The molecule has 1 unspecified atom stereocenters. The minimum atomic E-state index is -0.511. The first-order chi connectivity index (χ1) is 31.3. The normalized spacial score (nSPS) is 15.5. The summed E-state index contributed by atoms with van der Waals surface area (Å²) in [5.74, 6) is 0.540. The Bertz CT molecular complexity index is 1500. The molecule has 1 heterocycles. The SMILES string of the molecule is CC(C)C(C=O)N(C)C(=O)OCc1ccc(N)cc1.CC(C)C=O.CCC.CC[C@@H](C)[C@H]([C@H](CC=O)OC)N(C)C(=O)CNC.CN[C@@H](C)[C@H](O)c1ccccc1.COC[C@H]1CCCN1C. The van der Waals surface area contributed by atoms with Crippen molar-refractivity contribution in [3.8, 4) is 0 Å². The minimum Gasteiger partial charge on any atom is -0.445 e. The molecule has 380 valence electrons. The Morgan fingerprint density at radius 1 is 0.909 bits per heavy atom. The van der Waals surface area contributed by atoms with E-state index in [-0.39, 0.29) is 48.5 Å². The summed E-state index contributed by atoms with van der Waals surface area (Å²) < 4.78 is 15.6. The average molecular weight is 933 g/mol. The van der Waals surface area contributed by atoms with Gasteiger partial charge in [-0.1, -0.05) is 111 Å². The summed E-state index contributed by atoms with van der Waals surface area (Å²) in [5.41, 5.74) is 8.04. The van der Waals surface area contributed by atoms with E-state index in [1.54, 1.807) is 64.5 Å². The predicted octanol–water partition coefficient (Wildman–Crippen LogP) is 7.06. The molecule has 2 aromatic carbocycles. The number of hydrogen-bond acceptors (Lipinski definition) is 13. The molecule has 2 amide bonds. The smallest absolute Gasteiger partial charge is 0.410 e. The van der Waals surface area contributed by atoms with Crippen molar-refractivity contribution in [1.82, 2.24) is 25.3 Å². The lowest BCUT2D eigenvalue weighted by Gasteiger charge is -2.37. The molecule has 7 atom stereocenters. The molecule has 0 bridgehead atoms. The average Bonchev–Trinajstić information content (AvgIpc) is 3.72. The van der Waals surface area contributed by atoms with Crippen LogP contribution in [0.4, 0.5) is 10.5 Å². The molecular formula is C51H92N6O9. The second-order valence-electron chi connectivity index (χ2n) is 17.1. The highest BCUT2D eigenvalue weighted by molar-refractivity contribution is 5.78. The molecule has 1 fully saturated rings. The number of amides is 2. The second-order valence-corrected chi connectivity index (χ2v) is 17.1. The Hall–Kier alpha value is -4.25. The number of ether oxygens (including phenoxy) is 3. The summed E-state index contributed by atoms with van der Waals surface area (Å²) in [7, 11) is 12.4. The van der Waals surface area contributed by atoms with Gasteiger partial charge in [-0.2, -0.15) is 0 Å². The van der Waals surface area contributed by atoms with Crippen molar-refractivity contribution in [2.75, 3.05) is 74.9 Å². The molecule has 5 N–H and O–H groups in total. The van der Waals surface area contributed by atoms with Crippen LogP contribution in [-0.4, -0.2) is 150 Å². The maximum absolute atomic E-state index is 11.9. The number of anilines is 1. The van der Waals surface area contributed by atoms with Crippen LogP contribution < -0.4 is 16.4 Å². The van der Waals surface area contributed by atoms with E-state index in [0.717, 1.165) is 43.0 Å². The third kappa shape index (κ3) is 29.4. The number of nitrogens with one attached hydrogen (secondary N) is 2. The molecule has 66 heavy (non-hydrogen) atoms. The van der Waals surface area contributed by atoms with Crippen molar-refractivity contribution >= 4 is 36.5 Å². The standard InChI is InChI=1S/C14H20N2O3.C13H26N2O3.C10H15NO.C7H15NO.C4H8O.C3H8/c1-10(2)13(8-17)16(3)14(18)19-9-11-4-6-12(15)7-5-11;1-6-10(2)13(11(18-5)7-8-16)15(4)12(17)9-14-3;1-8(11-2)10(12)9-6-4-3-5-7-9;1-8-5-3-4-7(8)6-9-2;1-4(2)3-5;1-3-2/h4-8,10,13H,9,15H2,1-3H3;8,10-11,13-14H,6-7,9H2,1-5H3;3-8,10-12H,1-2H3;7H,3-6H2,1-2H3;3-4H,1-2H3;3H2,1-2H3/t;10-,11+,13-;8-,10-;7-;;/m.101../s1. The summed E-state index contributed by atoms with van der Waals surface area (Å²) in [6, 6.07) is 17.0. The van der Waals surface area contributed by atoms with Crippen LogP contribution in [0.15, 0.2) is 54.6 Å². The fraction of sp³-hybridized carbons (Fsp3) is 0.667. The van der Waals surface area contributed by atoms with Gasteiger partial charge in [0.25, 0.3) is 0 Å². The molecule has 1 aliphatic heterocycles. The Morgan fingerprint density at radius 2 is 1.47 bits per heavy atom. The Morgan fingerprint density at radius 3 is 1.86 bits per heavy atom. The van der Waals surface area contributed by atoms with Crippen LogP contribution in [0.1, 0.15) is 112 Å². The molecule has 0 aliphatic carbocycles. The number of nitrogens with two attached hydrogens (primary N) is 1. The zero-order valence-corrected chi connectivity index (χ0v) is 43.6. The van der Waals surface area contributed by atoms with Crippen LogP contribution in [0.25, 0.3) is 0 Å². The van der Waals surface area contributed by atoms with E-state index >= 15 is 0 Å². The van der Waals surface area contributed by atoms with Crippen LogP contribution in [0, 0.1) is 17.8 Å². The number of carbonyl (C=O) groups is 5. The van der Waals surface area contributed by atoms with Crippen molar-refractivity contribution in [3.05, 3.63) is 65.7 Å². The number of methoxy groups -OCH3 is 2. The molecule has 3 rings (SSSR count). The Balaban J connectivity index is -0.000000779. The molecule has 0 radical (unpaired) electrons. The molecule has 1 saturated heterocycles. The molecule has 1 aliphatic rings. The summed E-state index contributed by atoms with van der Waals surface area (Å²) in [6.45, 7) is 20.4. The van der Waals surface area contributed by atoms with Crippen LogP contribution >= 0.6 is 0 Å². The zero-order valence-electron chi connectivity index (χ0n) is 43.6. The Kier molecular flexibility index (Phi) is 41.0. The van der Waals surface area contributed by atoms with Gasteiger partial charge in [0.15, 0.2) is 0 Å². The van der Waals surface area contributed by atoms with Crippen molar-refractivity contribution in [2.24, 2.45) is 17.8 Å². The molecule has 0 spiro atoms. The predicted molar refractivity (Wildman–Crippen MR) is 269 cm³/mol. The van der Waals surface area contributed by atoms with Gasteiger partial charge in [-0.25, -0.2) is 4.79 Å². The molecule has 15 heteroatoms. The highest BCUT2D eigenvalue weighted by Gasteiger charge is 2.32. The number of rotatable bonds is 20. The maximum atomic E-state index is 11.9. The monoisotopic (exact) mass is 933 g/mol. The number of hydrogen-bond donors (Lipinski definition) is 4. The summed E-state index contributed by atoms with van der Waals surface area (Å²) in [5, 5.41) is 15.6. The number of aliphatic hydroxyl groups excluding tert-OH is 1. The molecule has 15 nitrogen and oxygen atoms in total. The van der Waals surface area contributed by atoms with Gasteiger partial charge >= 0.3 is 6.09 Å². The summed E-state index contributed by atoms with van der Waals surface area (Å²) in [6.07, 6.45) is 6.48. The second kappa shape index (κ2) is 41.0. The van der Waals surface area contributed by atoms with Gasteiger partial charge in [-0.05, 0) is 82.5 Å². The van der Waals surface area contributed by atoms with Gasteiger partial charge in [0, 0.05) is 58.4 Å². The number of aliphatic hydroxyl groups is 1. The fourth-order valence-corrected chi connectivity index (χ4v) is 6.31. The Labute approximate surface area is 399 Å². The first-order valence-electron chi connectivity index (χ1n) is 23.4. The van der Waals surface area contributed by atoms with E-state index < -0.39 is 18.2 Å². The van der Waals surface area contributed by atoms with Gasteiger partial charge in [-0.15, -0.1) is 0 Å². The van der Waals surface area contributed by atoms with Gasteiger partial charge in [0.05, 0.1) is 37.4 Å². The van der Waals surface area contributed by atoms with E-state index in [1.165, 1.54) is 30.7 Å². The van der Waals surface area contributed by atoms with E-state index in [2.05, 4.69) is 50.3 Å². The highest BCUT2D eigenvalue weighted by atomic mass is 16.6. The van der Waals surface area contributed by atoms with Crippen molar-refractivity contribution in [2.45, 2.75) is 137 Å². The van der Waals surface area contributed by atoms with Crippen molar-refractivity contribution in [3.63, 3.8) is 0 Å². The number of aldehydes is 3. The van der Waals surface area contributed by atoms with E-state index in [4.69, 9.17) is 19.9 Å². The van der Waals surface area contributed by atoms with Gasteiger partial charge < -0.3 is 64.8 Å². The number of nitrogens with zero attached hydrogens (tertiary/aromatic N) is 3. The van der Waals surface area contributed by atoms with Crippen molar-refractivity contribution in [1.29, 1.82) is 0 Å². The third-order valence-electron chi connectivity index (χ3n) is 10.7. The first kappa shape index (κ1) is 66.0. The van der Waals surface area contributed by atoms with Gasteiger partial charge in [0.1, 0.15) is 25.5 Å². The van der Waals surface area contributed by atoms with E-state index in [0.29, 0.717) is 24.7 Å². The quantitative estimate of drug-likeness (QED) is 0.0780. The lowest BCUT2D eigenvalue weighted by atomic mass is 9.91. The fourth-order valence-electron chi connectivity index (χ4n) is 6.31. The molecule has 0 aromatic heterocycles. The third-order valence-corrected chi connectivity index (χ3v) is 10.7. The largest absolute Gasteiger partial charge is 0.445 e. The topological polar surface area (TPSA) is 193 Å². The number of nitrogen functional groups attached to an aromatic ring is 1. The van der Waals surface area contributed by atoms with Crippen LogP contribution in [0.2, 0.25) is 0 Å². The molecule has 0 saturated carbocycles. The zero-order chi connectivity index (χ0) is 51.2. The van der Waals surface area contributed by atoms with Crippen LogP contribution in [-0.2, 0) is 40.0 Å². The lowest BCUT2D eigenvalue weighted by molar-refractivity contribution is -0.136. The van der Waals surface area contributed by atoms with E-state index in [1.807, 2.05) is 72.0 Å². The number of likely N-dealkylation sites (N-methyl/N-ethyl adjacent to an activating group) is 5. The van der Waals surface area contributed by atoms with Crippen molar-refractivity contribution < 1.29 is 43.3 Å². The lowest BCUT2D eigenvalue weighted by Crippen LogP contribution is -2.51. The molecular weight excluding hydrogens is 841 g/mol. The van der Waals surface area contributed by atoms with Gasteiger partial charge in [-0.3, -0.25) is 4.79 Å². The molecule has 2 aromatic rings. The summed E-state index contributed by atoms with van der Waals surface area (Å²) >= 11 is 0. The first-order valence-corrected chi connectivity index (χ1v) is 23.4. The number of benzene rings is 2. The van der Waals surface area contributed by atoms with Crippen LogP contribution in [0.3, 0.4) is 0 Å². The van der Waals surface area contributed by atoms with Crippen LogP contribution in [0.5, 0.6) is 0 Å². The number of carbonyl (C=O) groups excluding carboxylic acids is 5.